The number of nitrogens with two attached hydrogens (primary N) is 1. The van der Waals surface area contributed by atoms with E-state index in [-0.39, 0.29) is 5.66 Å². The predicted octanol–water partition coefficient (Wildman–Crippen LogP) is 2.72. The fourth-order valence-corrected chi connectivity index (χ4v) is 3.48. The molecule has 140 valence electrons. The molecule has 0 atom stereocenters. The van der Waals surface area contributed by atoms with E-state index in [1.165, 1.54) is 11.8 Å². The number of aliphatic imine (C=N–C) groups is 1. The number of rotatable bonds is 6. The second kappa shape index (κ2) is 6.62. The highest BCUT2D eigenvalue weighted by Crippen LogP contribution is 2.30. The van der Waals surface area contributed by atoms with Crippen LogP contribution < -0.4 is 16.4 Å². The summed E-state index contributed by atoms with van der Waals surface area (Å²) in [4.78, 5) is 9.10. The molecule has 3 heterocycles. The lowest BCUT2D eigenvalue weighted by molar-refractivity contribution is 0.288. The summed E-state index contributed by atoms with van der Waals surface area (Å²) in [5.74, 6) is 0.738. The molecule has 8 heteroatoms. The monoisotopic (exact) mass is 364 g/mol. The first-order valence-electron chi connectivity index (χ1n) is 9.09. The Morgan fingerprint density at radius 2 is 2.19 bits per heavy atom. The van der Waals surface area contributed by atoms with E-state index in [2.05, 4.69) is 25.7 Å². The van der Waals surface area contributed by atoms with Crippen LogP contribution in [-0.4, -0.2) is 38.7 Å². The van der Waals surface area contributed by atoms with Gasteiger partial charge in [-0.25, -0.2) is 9.50 Å². The van der Waals surface area contributed by atoms with Crippen molar-refractivity contribution in [3.8, 4) is 0 Å². The smallest absolute Gasteiger partial charge is 0.180 e. The fourth-order valence-electron chi connectivity index (χ4n) is 3.48. The maximum absolute atomic E-state index is 7.77. The molecular formula is C19H24N8. The number of aromatic nitrogens is 3. The minimum Gasteiger partial charge on any atom is -0.357 e. The van der Waals surface area contributed by atoms with Crippen LogP contribution >= 0.6 is 0 Å². The molecule has 0 saturated heterocycles. The molecule has 0 unspecified atom stereocenters. The van der Waals surface area contributed by atoms with Gasteiger partial charge in [-0.15, -0.1) is 0 Å². The second-order valence-corrected chi connectivity index (χ2v) is 7.22. The van der Waals surface area contributed by atoms with Crippen molar-refractivity contribution in [3.63, 3.8) is 0 Å². The molecule has 1 fully saturated rings. The van der Waals surface area contributed by atoms with E-state index in [1.54, 1.807) is 10.7 Å². The van der Waals surface area contributed by atoms with Crippen molar-refractivity contribution in [3.05, 3.63) is 41.4 Å². The first kappa shape index (κ1) is 17.4. The van der Waals surface area contributed by atoms with Gasteiger partial charge in [-0.2, -0.15) is 5.10 Å². The Balaban J connectivity index is 1.61. The average molecular weight is 364 g/mol. The van der Waals surface area contributed by atoms with E-state index in [0.717, 1.165) is 47.6 Å². The van der Waals surface area contributed by atoms with Gasteiger partial charge in [-0.1, -0.05) is 0 Å². The lowest BCUT2D eigenvalue weighted by Crippen LogP contribution is -2.53. The number of nitrogens with zero attached hydrogens (tertiary/aromatic N) is 4. The third-order valence-electron chi connectivity index (χ3n) is 5.16. The average Bonchev–Trinajstić information content (AvgIpc) is 3.18. The highest BCUT2D eigenvalue weighted by Gasteiger charge is 2.32. The zero-order valence-corrected chi connectivity index (χ0v) is 15.6. The zero-order chi connectivity index (χ0) is 19.0. The van der Waals surface area contributed by atoms with Gasteiger partial charge < -0.3 is 21.8 Å². The normalized spacial score (nSPS) is 19.1. The number of hydrogen-bond donors (Lipinski definition) is 4. The standard InChI is InChI=1S/C19H24N8/c1-12-9-22-13(2)17(12)14(8-20)10-23-15-11-24-27-7-4-16(25-18(15)27)26-19(21)5-3-6-19/h4,7-8,10-11,20,23H,3,5-6,9,21H2,1-2H3,(H,25,26)/b14-10+,20-8?. The Bertz CT molecular complexity index is 990. The molecule has 1 aliphatic carbocycles. The van der Waals surface area contributed by atoms with Crippen LogP contribution in [0.4, 0.5) is 11.5 Å². The quantitative estimate of drug-likeness (QED) is 0.464. The van der Waals surface area contributed by atoms with E-state index >= 15 is 0 Å². The van der Waals surface area contributed by atoms with E-state index in [1.807, 2.05) is 32.3 Å². The summed E-state index contributed by atoms with van der Waals surface area (Å²) in [6, 6.07) is 1.88. The molecule has 8 nitrogen and oxygen atoms in total. The number of anilines is 2. The Morgan fingerprint density at radius 3 is 2.81 bits per heavy atom. The lowest BCUT2D eigenvalue weighted by Gasteiger charge is -2.39. The van der Waals surface area contributed by atoms with Crippen LogP contribution in [0.25, 0.3) is 5.65 Å². The molecule has 0 bridgehead atoms. The van der Waals surface area contributed by atoms with Crippen molar-refractivity contribution < 1.29 is 0 Å². The van der Waals surface area contributed by atoms with Gasteiger partial charge in [-0.3, -0.25) is 4.99 Å². The predicted molar refractivity (Wildman–Crippen MR) is 109 cm³/mol. The van der Waals surface area contributed by atoms with Gasteiger partial charge in [0.15, 0.2) is 5.65 Å². The van der Waals surface area contributed by atoms with Crippen molar-refractivity contribution in [1.29, 1.82) is 5.41 Å². The molecule has 27 heavy (non-hydrogen) atoms. The highest BCUT2D eigenvalue weighted by atomic mass is 15.3. The van der Waals surface area contributed by atoms with Crippen LogP contribution in [-0.2, 0) is 0 Å². The van der Waals surface area contributed by atoms with E-state index in [0.29, 0.717) is 12.2 Å². The van der Waals surface area contributed by atoms with Gasteiger partial charge in [0.25, 0.3) is 0 Å². The van der Waals surface area contributed by atoms with Crippen molar-refractivity contribution in [2.24, 2.45) is 10.7 Å². The first-order valence-corrected chi connectivity index (χ1v) is 9.09. The van der Waals surface area contributed by atoms with Crippen LogP contribution in [0.5, 0.6) is 0 Å². The van der Waals surface area contributed by atoms with Gasteiger partial charge >= 0.3 is 0 Å². The summed E-state index contributed by atoms with van der Waals surface area (Å²) in [5.41, 5.74) is 11.3. The van der Waals surface area contributed by atoms with Crippen LogP contribution in [0.2, 0.25) is 0 Å². The number of nitrogens with one attached hydrogen (secondary N) is 3. The molecule has 1 saturated carbocycles. The minimum atomic E-state index is -0.352. The molecule has 2 aliphatic rings. The number of hydrogen-bond acceptors (Lipinski definition) is 7. The van der Waals surface area contributed by atoms with Gasteiger partial charge in [-0.05, 0) is 44.7 Å². The van der Waals surface area contributed by atoms with Crippen LogP contribution in [0.3, 0.4) is 0 Å². The van der Waals surface area contributed by atoms with Crippen molar-refractivity contribution in [1.82, 2.24) is 14.6 Å². The van der Waals surface area contributed by atoms with Crippen molar-refractivity contribution >= 4 is 29.1 Å². The Labute approximate surface area is 157 Å². The minimum absolute atomic E-state index is 0.352. The van der Waals surface area contributed by atoms with E-state index in [9.17, 15) is 0 Å². The third-order valence-corrected chi connectivity index (χ3v) is 5.16. The Kier molecular flexibility index (Phi) is 4.27. The second-order valence-electron chi connectivity index (χ2n) is 7.22. The summed E-state index contributed by atoms with van der Waals surface area (Å²) in [5, 5.41) is 18.7. The van der Waals surface area contributed by atoms with E-state index in [4.69, 9.17) is 11.1 Å². The molecule has 1 aliphatic heterocycles. The van der Waals surface area contributed by atoms with E-state index < -0.39 is 0 Å². The van der Waals surface area contributed by atoms with Gasteiger partial charge in [0.1, 0.15) is 11.5 Å². The largest absolute Gasteiger partial charge is 0.357 e. The molecule has 2 aromatic rings. The Morgan fingerprint density at radius 1 is 1.37 bits per heavy atom. The summed E-state index contributed by atoms with van der Waals surface area (Å²) < 4.78 is 1.71. The fraction of sp³-hybridized carbons (Fsp3) is 0.368. The Hall–Kier alpha value is -3.00. The zero-order valence-electron chi connectivity index (χ0n) is 15.6. The molecule has 2 aromatic heterocycles. The molecule has 0 amide bonds. The van der Waals surface area contributed by atoms with Crippen LogP contribution in [0.15, 0.2) is 46.4 Å². The summed E-state index contributed by atoms with van der Waals surface area (Å²) in [6.07, 6.45) is 9.78. The SMILES string of the molecule is CC1=NCC(C)=C1/C(C=N)=C/Nc1cnn2ccc(NC3(N)CCC3)nc12. The third kappa shape index (κ3) is 3.23. The molecule has 0 spiro atoms. The van der Waals surface area contributed by atoms with Crippen molar-refractivity contribution in [2.75, 3.05) is 17.2 Å². The van der Waals surface area contributed by atoms with Gasteiger partial charge in [0.2, 0.25) is 0 Å². The summed E-state index contributed by atoms with van der Waals surface area (Å²) >= 11 is 0. The highest BCUT2D eigenvalue weighted by molar-refractivity contribution is 6.10. The summed E-state index contributed by atoms with van der Waals surface area (Å²) in [6.45, 7) is 4.71. The molecule has 4 rings (SSSR count). The topological polar surface area (TPSA) is 116 Å². The van der Waals surface area contributed by atoms with Crippen molar-refractivity contribution in [2.45, 2.75) is 38.8 Å². The molecule has 5 N–H and O–H groups in total. The maximum Gasteiger partial charge on any atom is 0.180 e. The number of fused-ring (bicyclic) bond motifs is 1. The van der Waals surface area contributed by atoms with Crippen LogP contribution in [0.1, 0.15) is 33.1 Å². The molecule has 0 aromatic carbocycles. The summed E-state index contributed by atoms with van der Waals surface area (Å²) in [7, 11) is 0. The molecular weight excluding hydrogens is 340 g/mol. The number of allylic oxidation sites excluding steroid dienone is 2. The maximum atomic E-state index is 7.77. The molecule has 0 radical (unpaired) electrons. The first-order chi connectivity index (χ1) is 13.0. The van der Waals surface area contributed by atoms with Gasteiger partial charge in [0, 0.05) is 35.5 Å². The lowest BCUT2D eigenvalue weighted by atomic mass is 9.86. The van der Waals surface area contributed by atoms with Crippen LogP contribution in [0, 0.1) is 5.41 Å². The van der Waals surface area contributed by atoms with Gasteiger partial charge in [0.05, 0.1) is 18.4 Å².